The lowest BCUT2D eigenvalue weighted by atomic mass is 10.3. The zero-order chi connectivity index (χ0) is 11.6. The van der Waals surface area contributed by atoms with E-state index >= 15 is 0 Å². The molecule has 7 nitrogen and oxygen atoms in total. The number of carbonyl (C=O) groups is 3. The van der Waals surface area contributed by atoms with Crippen LogP contribution in [-0.2, 0) is 23.8 Å². The number of hydrogen-bond donors (Lipinski definition) is 0. The Morgan fingerprint density at radius 1 is 0.867 bits per heavy atom. The summed E-state index contributed by atoms with van der Waals surface area (Å²) < 4.78 is 13.3. The highest BCUT2D eigenvalue weighted by atomic mass is 16.6. The summed E-state index contributed by atoms with van der Waals surface area (Å²) in [4.78, 5) is 34.4. The number of nitrogens with zero attached hydrogens (tertiary/aromatic N) is 1. The molecule has 1 fully saturated rings. The number of amides is 1. The van der Waals surface area contributed by atoms with Crippen LogP contribution in [0.15, 0.2) is 0 Å². The summed E-state index contributed by atoms with van der Waals surface area (Å²) in [7, 11) is 3.50. The quantitative estimate of drug-likeness (QED) is 0.340. The summed E-state index contributed by atoms with van der Waals surface area (Å²) in [5.41, 5.74) is 0. The van der Waals surface area contributed by atoms with Gasteiger partial charge in [-0.05, 0) is 0 Å². The van der Waals surface area contributed by atoms with E-state index in [4.69, 9.17) is 0 Å². The average molecular weight is 217 g/mol. The molecule has 0 bridgehead atoms. The maximum absolute atomic E-state index is 11.2. The van der Waals surface area contributed by atoms with Crippen LogP contribution in [0.2, 0.25) is 0 Å². The smallest absolute Gasteiger partial charge is 0.411 e. The van der Waals surface area contributed by atoms with Gasteiger partial charge in [-0.1, -0.05) is 0 Å². The largest absolute Gasteiger partial charge is 0.467 e. The molecule has 0 aromatic carbocycles. The number of rotatable bonds is 2. The van der Waals surface area contributed by atoms with Crippen LogP contribution in [0, 0.1) is 0 Å². The molecule has 1 heterocycles. The van der Waals surface area contributed by atoms with Crippen LogP contribution in [0.4, 0.5) is 4.79 Å². The van der Waals surface area contributed by atoms with Gasteiger partial charge in [-0.3, -0.25) is 4.90 Å². The third kappa shape index (κ3) is 1.85. The van der Waals surface area contributed by atoms with Crippen LogP contribution in [0.25, 0.3) is 0 Å². The first-order valence-corrected chi connectivity index (χ1v) is 4.10. The predicted molar refractivity (Wildman–Crippen MR) is 45.9 cm³/mol. The molecule has 0 aromatic heterocycles. The van der Waals surface area contributed by atoms with E-state index in [1.165, 1.54) is 14.2 Å². The molecule has 0 unspecified atom stereocenters. The summed E-state index contributed by atoms with van der Waals surface area (Å²) in [5, 5.41) is 0. The van der Waals surface area contributed by atoms with E-state index in [-0.39, 0.29) is 0 Å². The van der Waals surface area contributed by atoms with Crippen molar-refractivity contribution in [2.75, 3.05) is 21.3 Å². The lowest BCUT2D eigenvalue weighted by Gasteiger charge is -2.00. The lowest BCUT2D eigenvalue weighted by Crippen LogP contribution is -2.19. The minimum atomic E-state index is -0.935. The highest BCUT2D eigenvalue weighted by Crippen LogP contribution is 2.31. The van der Waals surface area contributed by atoms with Crippen molar-refractivity contribution in [3.8, 4) is 0 Å². The van der Waals surface area contributed by atoms with E-state index in [2.05, 4.69) is 14.2 Å². The Labute approximate surface area is 85.9 Å². The van der Waals surface area contributed by atoms with Crippen LogP contribution >= 0.6 is 0 Å². The van der Waals surface area contributed by atoms with Gasteiger partial charge >= 0.3 is 18.0 Å². The second-order valence-electron chi connectivity index (χ2n) is 2.81. The third-order valence-electron chi connectivity index (χ3n) is 2.08. The monoisotopic (exact) mass is 217 g/mol. The standard InChI is InChI=1S/C8H11NO6/c1-13-6(10)4-5(7(11)14-2)9(4)8(12)15-3/h4-5H,1-3H3/t4-,5-/m1/s1. The van der Waals surface area contributed by atoms with Crippen molar-refractivity contribution in [3.05, 3.63) is 0 Å². The lowest BCUT2D eigenvalue weighted by molar-refractivity contribution is -0.144. The van der Waals surface area contributed by atoms with Gasteiger partial charge in [0.05, 0.1) is 21.3 Å². The normalized spacial score (nSPS) is 23.0. The van der Waals surface area contributed by atoms with Crippen LogP contribution in [0.1, 0.15) is 0 Å². The van der Waals surface area contributed by atoms with E-state index in [9.17, 15) is 14.4 Å². The van der Waals surface area contributed by atoms with Gasteiger partial charge in [0.2, 0.25) is 0 Å². The summed E-state index contributed by atoms with van der Waals surface area (Å²) >= 11 is 0. The van der Waals surface area contributed by atoms with Crippen molar-refractivity contribution >= 4 is 18.0 Å². The Morgan fingerprint density at radius 3 is 1.53 bits per heavy atom. The van der Waals surface area contributed by atoms with Crippen molar-refractivity contribution in [3.63, 3.8) is 0 Å². The first-order valence-electron chi connectivity index (χ1n) is 4.10. The summed E-state index contributed by atoms with van der Waals surface area (Å²) in [6.45, 7) is 0. The zero-order valence-corrected chi connectivity index (χ0v) is 8.55. The van der Waals surface area contributed by atoms with Crippen molar-refractivity contribution in [2.24, 2.45) is 0 Å². The zero-order valence-electron chi connectivity index (χ0n) is 8.55. The maximum Gasteiger partial charge on any atom is 0.411 e. The highest BCUT2D eigenvalue weighted by Gasteiger charge is 2.62. The molecule has 15 heavy (non-hydrogen) atoms. The molecule has 0 saturated carbocycles. The fourth-order valence-electron chi connectivity index (χ4n) is 1.29. The van der Waals surface area contributed by atoms with Gasteiger partial charge in [-0.15, -0.1) is 0 Å². The summed E-state index contributed by atoms with van der Waals surface area (Å²) in [6.07, 6.45) is -0.763. The molecule has 7 heteroatoms. The molecular weight excluding hydrogens is 206 g/mol. The highest BCUT2D eigenvalue weighted by molar-refractivity contribution is 5.99. The average Bonchev–Trinajstić information content (AvgIpc) is 3.00. The Balaban J connectivity index is 2.75. The number of methoxy groups -OCH3 is 3. The maximum atomic E-state index is 11.2. The van der Waals surface area contributed by atoms with Crippen molar-refractivity contribution in [1.82, 2.24) is 4.90 Å². The molecule has 1 rings (SSSR count). The van der Waals surface area contributed by atoms with E-state index < -0.39 is 30.1 Å². The molecule has 2 atom stereocenters. The number of hydrogen-bond acceptors (Lipinski definition) is 6. The van der Waals surface area contributed by atoms with Gasteiger partial charge < -0.3 is 14.2 Å². The number of carbonyl (C=O) groups excluding carboxylic acids is 3. The molecule has 0 aliphatic carbocycles. The van der Waals surface area contributed by atoms with E-state index in [0.717, 1.165) is 12.0 Å². The van der Waals surface area contributed by atoms with Gasteiger partial charge in [0.1, 0.15) is 0 Å². The predicted octanol–water partition coefficient (Wildman–Crippen LogP) is -0.848. The van der Waals surface area contributed by atoms with Crippen LogP contribution in [0.5, 0.6) is 0 Å². The second-order valence-corrected chi connectivity index (χ2v) is 2.81. The second kappa shape index (κ2) is 4.16. The van der Waals surface area contributed by atoms with Gasteiger partial charge in [0, 0.05) is 0 Å². The van der Waals surface area contributed by atoms with Crippen molar-refractivity contribution in [2.45, 2.75) is 12.1 Å². The molecule has 0 aromatic rings. The topological polar surface area (TPSA) is 81.9 Å². The van der Waals surface area contributed by atoms with Gasteiger partial charge in [0.15, 0.2) is 12.1 Å². The summed E-state index contributed by atoms with van der Waals surface area (Å²) in [6, 6.07) is -1.87. The minimum Gasteiger partial charge on any atom is -0.467 e. The molecule has 1 aliphatic heterocycles. The van der Waals surface area contributed by atoms with Crippen LogP contribution < -0.4 is 0 Å². The fourth-order valence-corrected chi connectivity index (χ4v) is 1.29. The van der Waals surface area contributed by atoms with Gasteiger partial charge in [0.25, 0.3) is 0 Å². The van der Waals surface area contributed by atoms with E-state index in [1.807, 2.05) is 0 Å². The molecular formula is C8H11NO6. The Kier molecular flexibility index (Phi) is 3.13. The number of esters is 2. The van der Waals surface area contributed by atoms with E-state index in [0.29, 0.717) is 0 Å². The first-order chi connectivity index (χ1) is 7.08. The fraction of sp³-hybridized carbons (Fsp3) is 0.625. The van der Waals surface area contributed by atoms with Gasteiger partial charge in [-0.2, -0.15) is 0 Å². The number of ether oxygens (including phenoxy) is 3. The third-order valence-corrected chi connectivity index (χ3v) is 2.08. The SMILES string of the molecule is COC(=O)[C@H]1[C@H](C(=O)OC)N1C(=O)OC. The molecule has 84 valence electrons. The molecule has 0 N–H and O–H groups in total. The van der Waals surface area contributed by atoms with Crippen molar-refractivity contribution in [1.29, 1.82) is 0 Å². The molecule has 0 spiro atoms. The van der Waals surface area contributed by atoms with Crippen LogP contribution in [-0.4, -0.2) is 56.3 Å². The Hall–Kier alpha value is -1.79. The Bertz CT molecular complexity index is 248. The summed E-state index contributed by atoms with van der Waals surface area (Å²) in [5.74, 6) is -1.34. The Morgan fingerprint density at radius 2 is 1.27 bits per heavy atom. The van der Waals surface area contributed by atoms with Crippen LogP contribution in [0.3, 0.4) is 0 Å². The first kappa shape index (κ1) is 11.3. The molecule has 1 aliphatic rings. The van der Waals surface area contributed by atoms with Crippen molar-refractivity contribution < 1.29 is 28.6 Å². The molecule has 1 amide bonds. The van der Waals surface area contributed by atoms with Gasteiger partial charge in [-0.25, -0.2) is 14.4 Å². The van der Waals surface area contributed by atoms with E-state index in [1.54, 1.807) is 0 Å². The molecule has 1 saturated heterocycles. The minimum absolute atomic E-state index is 0.671. The molecule has 0 radical (unpaired) electrons.